The van der Waals surface area contributed by atoms with E-state index in [1.54, 1.807) is 4.90 Å². The van der Waals surface area contributed by atoms with Crippen LogP contribution in [-0.2, 0) is 11.4 Å². The quantitative estimate of drug-likeness (QED) is 0.731. The van der Waals surface area contributed by atoms with Crippen LogP contribution in [0.4, 0.5) is 0 Å². The predicted octanol–water partition coefficient (Wildman–Crippen LogP) is 3.52. The van der Waals surface area contributed by atoms with E-state index in [-0.39, 0.29) is 24.2 Å². The Balaban J connectivity index is 0.00000280. The first-order valence-electron chi connectivity index (χ1n) is 9.57. The van der Waals surface area contributed by atoms with Crippen LogP contribution in [-0.4, -0.2) is 44.1 Å². The number of nitrogens with one attached hydrogen (secondary N) is 1. The number of carbonyl (C=O) groups is 1. The molecule has 2 aromatic carbocycles. The van der Waals surface area contributed by atoms with E-state index in [0.29, 0.717) is 19.8 Å². The minimum absolute atomic E-state index is 0. The molecule has 0 saturated carbocycles. The molecule has 1 saturated heterocycles. The minimum Gasteiger partial charge on any atom is -0.492 e. The van der Waals surface area contributed by atoms with E-state index in [9.17, 15) is 4.79 Å². The average Bonchev–Trinajstić information content (AvgIpc) is 2.74. The molecule has 0 aromatic heterocycles. The molecule has 1 N–H and O–H groups in total. The van der Waals surface area contributed by atoms with Gasteiger partial charge in [-0.15, -0.1) is 12.4 Å². The Morgan fingerprint density at radius 3 is 2.25 bits per heavy atom. The second-order valence-corrected chi connectivity index (χ2v) is 6.88. The number of hydrogen-bond donors (Lipinski definition) is 1. The molecular formula is C22H29ClN2O3. The van der Waals surface area contributed by atoms with Crippen LogP contribution >= 0.6 is 12.4 Å². The maximum absolute atomic E-state index is 12.4. The summed E-state index contributed by atoms with van der Waals surface area (Å²) < 4.78 is 11.5. The molecule has 3 rings (SSSR count). The number of piperidine rings is 1. The molecule has 0 radical (unpaired) electrons. The molecule has 0 bridgehead atoms. The molecule has 0 aliphatic carbocycles. The summed E-state index contributed by atoms with van der Waals surface area (Å²) in [6.45, 7) is 3.48. The Kier molecular flexibility index (Phi) is 9.11. The van der Waals surface area contributed by atoms with Gasteiger partial charge >= 0.3 is 0 Å². The molecule has 0 atom stereocenters. The molecule has 28 heavy (non-hydrogen) atoms. The maximum atomic E-state index is 12.4. The lowest BCUT2D eigenvalue weighted by Gasteiger charge is -2.26. The van der Waals surface area contributed by atoms with Crippen LogP contribution in [0.3, 0.4) is 0 Å². The summed E-state index contributed by atoms with van der Waals surface area (Å²) in [5, 5.41) is 3.29. The molecule has 2 aromatic rings. The number of benzene rings is 2. The highest BCUT2D eigenvalue weighted by Crippen LogP contribution is 2.19. The smallest absolute Gasteiger partial charge is 0.225 e. The van der Waals surface area contributed by atoms with Crippen molar-refractivity contribution in [3.05, 3.63) is 60.2 Å². The van der Waals surface area contributed by atoms with Crippen LogP contribution in [0.25, 0.3) is 0 Å². The van der Waals surface area contributed by atoms with Gasteiger partial charge in [0.2, 0.25) is 5.91 Å². The molecule has 5 nitrogen and oxygen atoms in total. The Bertz CT molecular complexity index is 703. The summed E-state index contributed by atoms with van der Waals surface area (Å²) in [6.07, 6.45) is 1.85. The van der Waals surface area contributed by atoms with Crippen molar-refractivity contribution in [1.29, 1.82) is 0 Å². The van der Waals surface area contributed by atoms with E-state index in [4.69, 9.17) is 9.47 Å². The van der Waals surface area contributed by atoms with Crippen LogP contribution in [0, 0.1) is 5.92 Å². The van der Waals surface area contributed by atoms with E-state index in [1.165, 1.54) is 0 Å². The van der Waals surface area contributed by atoms with Crippen molar-refractivity contribution >= 4 is 18.3 Å². The minimum atomic E-state index is 0. The number of hydrogen-bond acceptors (Lipinski definition) is 4. The van der Waals surface area contributed by atoms with Crippen LogP contribution < -0.4 is 14.8 Å². The zero-order valence-electron chi connectivity index (χ0n) is 16.3. The van der Waals surface area contributed by atoms with Gasteiger partial charge in [0.15, 0.2) is 0 Å². The van der Waals surface area contributed by atoms with Gasteiger partial charge in [-0.1, -0.05) is 30.3 Å². The first kappa shape index (κ1) is 22.1. The normalized spacial score (nSPS) is 14.0. The Hall–Kier alpha value is -2.24. The van der Waals surface area contributed by atoms with Gasteiger partial charge in [0.05, 0.1) is 6.54 Å². The van der Waals surface area contributed by atoms with Crippen molar-refractivity contribution in [3.63, 3.8) is 0 Å². The molecular weight excluding hydrogens is 376 g/mol. The fraction of sp³-hybridized carbons (Fsp3) is 0.409. The standard InChI is InChI=1S/C22H28N2O3.ClH/c1-24(22(25)19-11-13-23-14-12-19)15-16-26-20-7-9-21(10-8-20)27-17-18-5-3-2-4-6-18;/h2-10,19,23H,11-17H2,1H3;1H. The molecule has 0 unspecified atom stereocenters. The molecule has 1 aliphatic rings. The van der Waals surface area contributed by atoms with Gasteiger partial charge in [0.25, 0.3) is 0 Å². The topological polar surface area (TPSA) is 50.8 Å². The summed E-state index contributed by atoms with van der Waals surface area (Å²) >= 11 is 0. The molecule has 152 valence electrons. The lowest BCUT2D eigenvalue weighted by Crippen LogP contribution is -2.40. The summed E-state index contributed by atoms with van der Waals surface area (Å²) in [7, 11) is 1.86. The lowest BCUT2D eigenvalue weighted by atomic mass is 9.97. The second-order valence-electron chi connectivity index (χ2n) is 6.88. The first-order valence-corrected chi connectivity index (χ1v) is 9.57. The van der Waals surface area contributed by atoms with E-state index in [1.807, 2.05) is 61.6 Å². The van der Waals surface area contributed by atoms with Crippen molar-refractivity contribution in [1.82, 2.24) is 10.2 Å². The SMILES string of the molecule is CN(CCOc1ccc(OCc2ccccc2)cc1)C(=O)C1CCNCC1.Cl. The maximum Gasteiger partial charge on any atom is 0.225 e. The molecule has 1 amide bonds. The number of halogens is 1. The summed E-state index contributed by atoms with van der Waals surface area (Å²) in [6, 6.07) is 17.7. The fourth-order valence-corrected chi connectivity index (χ4v) is 3.16. The largest absolute Gasteiger partial charge is 0.492 e. The zero-order valence-corrected chi connectivity index (χ0v) is 17.1. The number of nitrogens with zero attached hydrogens (tertiary/aromatic N) is 1. The number of carbonyl (C=O) groups excluding carboxylic acids is 1. The van der Waals surface area contributed by atoms with Gasteiger partial charge < -0.3 is 19.7 Å². The summed E-state index contributed by atoms with van der Waals surface area (Å²) in [5.41, 5.74) is 1.14. The summed E-state index contributed by atoms with van der Waals surface area (Å²) in [5.74, 6) is 1.97. The van der Waals surface area contributed by atoms with Crippen LogP contribution in [0.1, 0.15) is 18.4 Å². The summed E-state index contributed by atoms with van der Waals surface area (Å²) in [4.78, 5) is 14.2. The molecule has 1 fully saturated rings. The number of rotatable bonds is 8. The first-order chi connectivity index (χ1) is 13.2. The van der Waals surface area contributed by atoms with Crippen molar-refractivity contribution in [2.45, 2.75) is 19.4 Å². The van der Waals surface area contributed by atoms with Crippen molar-refractivity contribution < 1.29 is 14.3 Å². The van der Waals surface area contributed by atoms with Gasteiger partial charge in [-0.3, -0.25) is 4.79 Å². The Morgan fingerprint density at radius 1 is 1.00 bits per heavy atom. The lowest BCUT2D eigenvalue weighted by molar-refractivity contribution is -0.135. The van der Waals surface area contributed by atoms with Gasteiger partial charge in [0, 0.05) is 13.0 Å². The molecule has 0 spiro atoms. The third-order valence-electron chi connectivity index (χ3n) is 4.83. The van der Waals surface area contributed by atoms with E-state index in [0.717, 1.165) is 43.0 Å². The average molecular weight is 405 g/mol. The second kappa shape index (κ2) is 11.6. The van der Waals surface area contributed by atoms with Crippen molar-refractivity contribution in [2.75, 3.05) is 33.3 Å². The fourth-order valence-electron chi connectivity index (χ4n) is 3.16. The van der Waals surface area contributed by atoms with Crippen LogP contribution in [0.5, 0.6) is 11.5 Å². The van der Waals surface area contributed by atoms with Crippen LogP contribution in [0.2, 0.25) is 0 Å². The van der Waals surface area contributed by atoms with Gasteiger partial charge in [-0.25, -0.2) is 0 Å². The third-order valence-corrected chi connectivity index (χ3v) is 4.83. The number of amides is 1. The predicted molar refractivity (Wildman–Crippen MR) is 113 cm³/mol. The molecule has 6 heteroatoms. The Labute approximate surface area is 173 Å². The van der Waals surface area contributed by atoms with Gasteiger partial charge in [-0.2, -0.15) is 0 Å². The Morgan fingerprint density at radius 2 is 1.61 bits per heavy atom. The highest BCUT2D eigenvalue weighted by Gasteiger charge is 2.23. The highest BCUT2D eigenvalue weighted by molar-refractivity contribution is 5.85. The third kappa shape index (κ3) is 6.73. The monoisotopic (exact) mass is 404 g/mol. The number of likely N-dealkylation sites (N-methyl/N-ethyl adjacent to an activating group) is 1. The highest BCUT2D eigenvalue weighted by atomic mass is 35.5. The van der Waals surface area contributed by atoms with E-state index >= 15 is 0 Å². The zero-order chi connectivity index (χ0) is 18.9. The molecule has 1 aliphatic heterocycles. The van der Waals surface area contributed by atoms with E-state index in [2.05, 4.69) is 5.32 Å². The molecule has 1 heterocycles. The van der Waals surface area contributed by atoms with Gasteiger partial charge in [0.1, 0.15) is 24.7 Å². The van der Waals surface area contributed by atoms with Crippen molar-refractivity contribution in [3.8, 4) is 11.5 Å². The van der Waals surface area contributed by atoms with Crippen LogP contribution in [0.15, 0.2) is 54.6 Å². The van der Waals surface area contributed by atoms with Crippen molar-refractivity contribution in [2.24, 2.45) is 5.92 Å². The number of ether oxygens (including phenoxy) is 2. The van der Waals surface area contributed by atoms with E-state index < -0.39 is 0 Å². The van der Waals surface area contributed by atoms with Gasteiger partial charge in [-0.05, 0) is 55.8 Å².